The molecule has 0 atom stereocenters. The lowest BCUT2D eigenvalue weighted by molar-refractivity contribution is 0.473. The molecule has 106 valence electrons. The molecule has 0 spiro atoms. The first kappa shape index (κ1) is 13.4. The normalized spacial score (nSPS) is 11.0. The summed E-state index contributed by atoms with van der Waals surface area (Å²) in [7, 11) is 1.68. The maximum absolute atomic E-state index is 12.9. The Morgan fingerprint density at radius 1 is 1.10 bits per heavy atom. The third-order valence-electron chi connectivity index (χ3n) is 3.66. The third kappa shape index (κ3) is 2.29. The maximum atomic E-state index is 12.9. The Morgan fingerprint density at radius 2 is 1.76 bits per heavy atom. The second-order valence-corrected chi connectivity index (χ2v) is 5.01. The Kier molecular flexibility index (Phi) is 3.22. The van der Waals surface area contributed by atoms with Gasteiger partial charge in [-0.05, 0) is 29.8 Å². The summed E-state index contributed by atoms with van der Waals surface area (Å²) in [4.78, 5) is 12.4. The minimum Gasteiger partial charge on any atom is -0.507 e. The van der Waals surface area contributed by atoms with Crippen LogP contribution in [0.3, 0.4) is 0 Å². The summed E-state index contributed by atoms with van der Waals surface area (Å²) in [5.74, 6) is -0.326. The lowest BCUT2D eigenvalue weighted by atomic mass is 10.0. The highest BCUT2D eigenvalue weighted by Gasteiger charge is 2.14. The van der Waals surface area contributed by atoms with Gasteiger partial charge in [0.2, 0.25) is 0 Å². The maximum Gasteiger partial charge on any atom is 0.258 e. The standard InChI is InChI=1S/C17H14FNO2/c1-19-15-5-3-2-4-13(15)16(20)14(17(19)21)10-11-6-8-12(18)9-7-11/h2-9,20H,10H2,1H3. The molecule has 3 nitrogen and oxygen atoms in total. The molecule has 2 aromatic carbocycles. The quantitative estimate of drug-likeness (QED) is 0.785. The Balaban J connectivity index is 2.18. The Hall–Kier alpha value is -2.62. The number of pyridine rings is 1. The molecule has 0 fully saturated rings. The second kappa shape index (κ2) is 5.05. The topological polar surface area (TPSA) is 42.2 Å². The number of aryl methyl sites for hydroxylation is 1. The van der Waals surface area contributed by atoms with E-state index in [2.05, 4.69) is 0 Å². The molecule has 0 radical (unpaired) electrons. The number of hydrogen-bond donors (Lipinski definition) is 1. The van der Waals surface area contributed by atoms with E-state index in [1.165, 1.54) is 16.7 Å². The number of halogens is 1. The van der Waals surface area contributed by atoms with E-state index < -0.39 is 0 Å². The molecule has 0 aliphatic heterocycles. The van der Waals surface area contributed by atoms with Crippen LogP contribution in [0.2, 0.25) is 0 Å². The van der Waals surface area contributed by atoms with E-state index in [4.69, 9.17) is 0 Å². The molecular formula is C17H14FNO2. The first-order chi connectivity index (χ1) is 10.1. The molecule has 0 aliphatic rings. The van der Waals surface area contributed by atoms with Crippen molar-refractivity contribution in [2.24, 2.45) is 7.05 Å². The minimum absolute atomic E-state index is 0.00183. The fourth-order valence-electron chi connectivity index (χ4n) is 2.51. The van der Waals surface area contributed by atoms with Crippen molar-refractivity contribution in [3.63, 3.8) is 0 Å². The minimum atomic E-state index is -0.325. The van der Waals surface area contributed by atoms with Crippen LogP contribution in [-0.2, 0) is 13.5 Å². The van der Waals surface area contributed by atoms with Gasteiger partial charge in [0.05, 0.1) is 11.1 Å². The fourth-order valence-corrected chi connectivity index (χ4v) is 2.51. The summed E-state index contributed by atoms with van der Waals surface area (Å²) >= 11 is 0. The van der Waals surface area contributed by atoms with Crippen LogP contribution in [0.1, 0.15) is 11.1 Å². The average Bonchev–Trinajstić information content (AvgIpc) is 2.51. The molecule has 0 unspecified atom stereocenters. The highest BCUT2D eigenvalue weighted by Crippen LogP contribution is 2.27. The van der Waals surface area contributed by atoms with Crippen LogP contribution in [0.5, 0.6) is 5.75 Å². The summed E-state index contributed by atoms with van der Waals surface area (Å²) in [6, 6.07) is 13.1. The number of rotatable bonds is 2. The van der Waals surface area contributed by atoms with Crippen LogP contribution < -0.4 is 5.56 Å². The first-order valence-electron chi connectivity index (χ1n) is 6.62. The summed E-state index contributed by atoms with van der Waals surface area (Å²) in [5.41, 5.74) is 1.54. The van der Waals surface area contributed by atoms with Crippen LogP contribution in [-0.4, -0.2) is 9.67 Å². The molecule has 1 heterocycles. The molecule has 0 bridgehead atoms. The van der Waals surface area contributed by atoms with Crippen LogP contribution in [0.25, 0.3) is 10.9 Å². The van der Waals surface area contributed by atoms with E-state index in [1.807, 2.05) is 12.1 Å². The molecule has 4 heteroatoms. The van der Waals surface area contributed by atoms with Gasteiger partial charge < -0.3 is 9.67 Å². The van der Waals surface area contributed by atoms with Crippen molar-refractivity contribution in [3.05, 3.63) is 75.8 Å². The van der Waals surface area contributed by atoms with Gasteiger partial charge in [-0.25, -0.2) is 4.39 Å². The molecular weight excluding hydrogens is 269 g/mol. The Morgan fingerprint density at radius 3 is 2.48 bits per heavy atom. The predicted molar refractivity (Wildman–Crippen MR) is 80.1 cm³/mol. The Labute approximate surface area is 120 Å². The van der Waals surface area contributed by atoms with Crippen LogP contribution >= 0.6 is 0 Å². The second-order valence-electron chi connectivity index (χ2n) is 5.01. The van der Waals surface area contributed by atoms with Gasteiger partial charge in [0.25, 0.3) is 5.56 Å². The number of para-hydroxylation sites is 1. The molecule has 0 saturated heterocycles. The summed E-state index contributed by atoms with van der Waals surface area (Å²) in [5, 5.41) is 11.0. The number of aromatic hydroxyl groups is 1. The summed E-state index contributed by atoms with van der Waals surface area (Å²) in [6.07, 6.45) is 0.267. The smallest absolute Gasteiger partial charge is 0.258 e. The van der Waals surface area contributed by atoms with E-state index in [1.54, 1.807) is 31.3 Å². The number of aromatic nitrogens is 1. The van der Waals surface area contributed by atoms with Gasteiger partial charge in [-0.15, -0.1) is 0 Å². The number of fused-ring (bicyclic) bond motifs is 1. The monoisotopic (exact) mass is 283 g/mol. The average molecular weight is 283 g/mol. The van der Waals surface area contributed by atoms with E-state index in [0.29, 0.717) is 16.5 Å². The molecule has 3 rings (SSSR count). The van der Waals surface area contributed by atoms with Crippen molar-refractivity contribution >= 4 is 10.9 Å². The lowest BCUT2D eigenvalue weighted by Crippen LogP contribution is -2.21. The molecule has 0 saturated carbocycles. The largest absolute Gasteiger partial charge is 0.507 e. The number of hydrogen-bond acceptors (Lipinski definition) is 2. The molecule has 3 aromatic rings. The highest BCUT2D eigenvalue weighted by atomic mass is 19.1. The van der Waals surface area contributed by atoms with Gasteiger partial charge in [0.15, 0.2) is 0 Å². The van der Waals surface area contributed by atoms with Gasteiger partial charge >= 0.3 is 0 Å². The van der Waals surface area contributed by atoms with Crippen LogP contribution in [0.15, 0.2) is 53.3 Å². The van der Waals surface area contributed by atoms with Crippen molar-refractivity contribution in [2.45, 2.75) is 6.42 Å². The van der Waals surface area contributed by atoms with Crippen molar-refractivity contribution in [1.29, 1.82) is 0 Å². The van der Waals surface area contributed by atoms with Gasteiger partial charge in [-0.3, -0.25) is 4.79 Å². The number of nitrogens with zero attached hydrogens (tertiary/aromatic N) is 1. The summed E-state index contributed by atoms with van der Waals surface area (Å²) < 4.78 is 14.5. The van der Waals surface area contributed by atoms with Gasteiger partial charge in [-0.1, -0.05) is 24.3 Å². The highest BCUT2D eigenvalue weighted by molar-refractivity contribution is 5.86. The van der Waals surface area contributed by atoms with E-state index in [0.717, 1.165) is 5.56 Å². The number of benzene rings is 2. The zero-order valence-corrected chi connectivity index (χ0v) is 11.5. The van der Waals surface area contributed by atoms with E-state index >= 15 is 0 Å². The molecule has 0 amide bonds. The van der Waals surface area contributed by atoms with Gasteiger partial charge in [0.1, 0.15) is 11.6 Å². The van der Waals surface area contributed by atoms with E-state index in [9.17, 15) is 14.3 Å². The third-order valence-corrected chi connectivity index (χ3v) is 3.66. The molecule has 1 aromatic heterocycles. The van der Waals surface area contributed by atoms with Gasteiger partial charge in [0, 0.05) is 18.9 Å². The molecule has 0 aliphatic carbocycles. The van der Waals surface area contributed by atoms with Crippen LogP contribution in [0.4, 0.5) is 4.39 Å². The van der Waals surface area contributed by atoms with E-state index in [-0.39, 0.29) is 23.5 Å². The molecule has 1 N–H and O–H groups in total. The van der Waals surface area contributed by atoms with Crippen molar-refractivity contribution < 1.29 is 9.50 Å². The lowest BCUT2D eigenvalue weighted by Gasteiger charge is -2.11. The van der Waals surface area contributed by atoms with Crippen molar-refractivity contribution in [3.8, 4) is 5.75 Å². The van der Waals surface area contributed by atoms with Crippen molar-refractivity contribution in [1.82, 2.24) is 4.57 Å². The zero-order chi connectivity index (χ0) is 15.0. The predicted octanol–water partition coefficient (Wildman–Crippen LogP) is 2.97. The van der Waals surface area contributed by atoms with Crippen LogP contribution in [0, 0.1) is 5.82 Å². The fraction of sp³-hybridized carbons (Fsp3) is 0.118. The summed E-state index contributed by atoms with van der Waals surface area (Å²) in [6.45, 7) is 0. The first-order valence-corrected chi connectivity index (χ1v) is 6.62. The zero-order valence-electron chi connectivity index (χ0n) is 11.5. The molecule has 21 heavy (non-hydrogen) atoms. The van der Waals surface area contributed by atoms with Gasteiger partial charge in [-0.2, -0.15) is 0 Å². The van der Waals surface area contributed by atoms with Crippen molar-refractivity contribution in [2.75, 3.05) is 0 Å². The SMILES string of the molecule is Cn1c(=O)c(Cc2ccc(F)cc2)c(O)c2ccccc21. The Bertz CT molecular complexity index is 866.